The maximum atomic E-state index is 13.3. The summed E-state index contributed by atoms with van der Waals surface area (Å²) in [6, 6.07) is 3.64. The average molecular weight is 359 g/mol. The fourth-order valence-corrected chi connectivity index (χ4v) is 2.89. The van der Waals surface area contributed by atoms with Gasteiger partial charge in [-0.05, 0) is 31.0 Å². The van der Waals surface area contributed by atoms with Crippen LogP contribution < -0.4 is 4.74 Å². The van der Waals surface area contributed by atoms with Gasteiger partial charge < -0.3 is 9.84 Å². The van der Waals surface area contributed by atoms with Gasteiger partial charge in [-0.2, -0.15) is 13.2 Å². The second-order valence-electron chi connectivity index (χ2n) is 5.65. The monoisotopic (exact) mass is 359 g/mol. The summed E-state index contributed by atoms with van der Waals surface area (Å²) >= 11 is 0.845. The number of hydrogen-bond donors (Lipinski definition) is 1. The number of benzene rings is 1. The highest BCUT2D eigenvalue weighted by molar-refractivity contribution is 7.17. The Morgan fingerprint density at radius 1 is 1.38 bits per heavy atom. The second-order valence-corrected chi connectivity index (χ2v) is 6.65. The van der Waals surface area contributed by atoms with Crippen LogP contribution in [0.15, 0.2) is 18.2 Å². The van der Waals surface area contributed by atoms with Crippen molar-refractivity contribution in [3.8, 4) is 16.3 Å². The number of hydrogen-bond acceptors (Lipinski definition) is 4. The number of alkyl halides is 3. The zero-order valence-electron chi connectivity index (χ0n) is 13.3. The van der Waals surface area contributed by atoms with Crippen LogP contribution in [0.5, 0.6) is 5.75 Å². The third-order valence-electron chi connectivity index (χ3n) is 3.09. The Morgan fingerprint density at radius 2 is 2.04 bits per heavy atom. The van der Waals surface area contributed by atoms with E-state index in [-0.39, 0.29) is 39.4 Å². The van der Waals surface area contributed by atoms with Crippen LogP contribution in [0.4, 0.5) is 13.2 Å². The number of nitrogens with zero attached hydrogens (tertiary/aromatic N) is 1. The van der Waals surface area contributed by atoms with Gasteiger partial charge in [0.15, 0.2) is 0 Å². The van der Waals surface area contributed by atoms with E-state index in [0.29, 0.717) is 0 Å². The van der Waals surface area contributed by atoms with Crippen LogP contribution in [-0.2, 0) is 6.18 Å². The Balaban J connectivity index is 2.46. The van der Waals surface area contributed by atoms with Crippen molar-refractivity contribution in [2.75, 3.05) is 6.61 Å². The van der Waals surface area contributed by atoms with Gasteiger partial charge in [0.05, 0.1) is 17.9 Å². The Morgan fingerprint density at radius 3 is 2.54 bits per heavy atom. The molecule has 0 spiro atoms. The van der Waals surface area contributed by atoms with Crippen LogP contribution in [-0.4, -0.2) is 22.7 Å². The maximum Gasteiger partial charge on any atom is 0.419 e. The lowest BCUT2D eigenvalue weighted by Crippen LogP contribution is -2.11. The van der Waals surface area contributed by atoms with Gasteiger partial charge in [0.1, 0.15) is 15.6 Å². The summed E-state index contributed by atoms with van der Waals surface area (Å²) in [5, 5.41) is 9.27. The van der Waals surface area contributed by atoms with E-state index < -0.39 is 17.7 Å². The first-order valence-corrected chi connectivity index (χ1v) is 7.96. The molecule has 0 saturated carbocycles. The SMILES string of the molecule is Cc1nc(-c2ccc(OCC(C)C)c(C(F)(F)F)c2)sc1C(=O)O. The molecule has 0 bridgehead atoms. The highest BCUT2D eigenvalue weighted by Crippen LogP contribution is 2.40. The fraction of sp³-hybridized carbons (Fsp3) is 0.375. The summed E-state index contributed by atoms with van der Waals surface area (Å²) in [6.07, 6.45) is -4.58. The molecule has 0 atom stereocenters. The minimum Gasteiger partial charge on any atom is -0.493 e. The van der Waals surface area contributed by atoms with Gasteiger partial charge in [-0.3, -0.25) is 0 Å². The number of aryl methyl sites for hydroxylation is 1. The first-order chi connectivity index (χ1) is 11.1. The van der Waals surface area contributed by atoms with E-state index in [1.165, 1.54) is 19.1 Å². The van der Waals surface area contributed by atoms with Gasteiger partial charge in [0, 0.05) is 5.56 Å². The van der Waals surface area contributed by atoms with Crippen molar-refractivity contribution in [2.24, 2.45) is 5.92 Å². The Kier molecular flexibility index (Phi) is 5.17. The zero-order chi connectivity index (χ0) is 18.1. The topological polar surface area (TPSA) is 59.4 Å². The molecule has 0 aliphatic carbocycles. The Hall–Kier alpha value is -2.09. The third-order valence-corrected chi connectivity index (χ3v) is 4.29. The van der Waals surface area contributed by atoms with E-state index in [4.69, 9.17) is 9.84 Å². The fourth-order valence-electron chi connectivity index (χ4n) is 1.99. The molecule has 8 heteroatoms. The molecule has 0 aliphatic heterocycles. The number of ether oxygens (including phenoxy) is 1. The van der Waals surface area contributed by atoms with E-state index >= 15 is 0 Å². The van der Waals surface area contributed by atoms with Gasteiger partial charge in [0.2, 0.25) is 0 Å². The van der Waals surface area contributed by atoms with Gasteiger partial charge in [-0.1, -0.05) is 13.8 Å². The Labute approximate surface area is 140 Å². The summed E-state index contributed by atoms with van der Waals surface area (Å²) < 4.78 is 45.1. The smallest absolute Gasteiger partial charge is 0.419 e. The quantitative estimate of drug-likeness (QED) is 0.827. The van der Waals surface area contributed by atoms with Gasteiger partial charge >= 0.3 is 12.1 Å². The molecule has 0 unspecified atom stereocenters. The second kappa shape index (κ2) is 6.80. The van der Waals surface area contributed by atoms with E-state index in [1.807, 2.05) is 13.8 Å². The molecule has 4 nitrogen and oxygen atoms in total. The number of halogens is 3. The van der Waals surface area contributed by atoms with Gasteiger partial charge in [-0.15, -0.1) is 11.3 Å². The Bertz CT molecular complexity index is 754. The molecule has 1 aromatic carbocycles. The van der Waals surface area contributed by atoms with Crippen LogP contribution in [0, 0.1) is 12.8 Å². The predicted octanol–water partition coefficient (Wildman–Crippen LogP) is 4.87. The molecule has 1 N–H and O–H groups in total. The lowest BCUT2D eigenvalue weighted by molar-refractivity contribution is -0.139. The summed E-state index contributed by atoms with van der Waals surface area (Å²) in [5.41, 5.74) is -0.415. The van der Waals surface area contributed by atoms with Gasteiger partial charge in [-0.25, -0.2) is 9.78 Å². The van der Waals surface area contributed by atoms with Crippen molar-refractivity contribution in [1.82, 2.24) is 4.98 Å². The van der Waals surface area contributed by atoms with E-state index in [2.05, 4.69) is 4.98 Å². The molecule has 24 heavy (non-hydrogen) atoms. The van der Waals surface area contributed by atoms with Crippen molar-refractivity contribution in [1.29, 1.82) is 0 Å². The summed E-state index contributed by atoms with van der Waals surface area (Å²) in [7, 11) is 0. The van der Waals surface area contributed by atoms with Crippen molar-refractivity contribution < 1.29 is 27.8 Å². The van der Waals surface area contributed by atoms with Crippen LogP contribution in [0.3, 0.4) is 0 Å². The number of carboxylic acids is 1. The first kappa shape index (κ1) is 18.3. The molecule has 2 aromatic rings. The number of aromatic carboxylic acids is 1. The van der Waals surface area contributed by atoms with Crippen molar-refractivity contribution in [2.45, 2.75) is 26.9 Å². The molecule has 0 amide bonds. The van der Waals surface area contributed by atoms with Crippen LogP contribution in [0.1, 0.15) is 34.8 Å². The number of carboxylic acid groups (broad SMARTS) is 1. The molecular formula is C16H16F3NO3S. The number of thiazole rings is 1. The molecule has 2 rings (SSSR count). The normalized spacial score (nSPS) is 11.8. The maximum absolute atomic E-state index is 13.3. The minimum atomic E-state index is -4.58. The van der Waals surface area contributed by atoms with Crippen molar-refractivity contribution in [3.63, 3.8) is 0 Å². The zero-order valence-corrected chi connectivity index (χ0v) is 14.1. The summed E-state index contributed by atoms with van der Waals surface area (Å²) in [5.74, 6) is -1.30. The van der Waals surface area contributed by atoms with E-state index in [1.54, 1.807) is 0 Å². The standard InChI is InChI=1S/C16H16F3NO3S/c1-8(2)7-23-12-5-4-10(6-11(12)16(17,18)19)14-20-9(3)13(24-14)15(21)22/h4-6,8H,7H2,1-3H3,(H,21,22). The molecule has 1 heterocycles. The van der Waals surface area contributed by atoms with Crippen LogP contribution >= 0.6 is 11.3 Å². The molecule has 130 valence electrons. The minimum absolute atomic E-state index is 0.0127. The van der Waals surface area contributed by atoms with Crippen molar-refractivity contribution >= 4 is 17.3 Å². The van der Waals surface area contributed by atoms with E-state index in [9.17, 15) is 18.0 Å². The van der Waals surface area contributed by atoms with Crippen molar-refractivity contribution in [3.05, 3.63) is 34.3 Å². The van der Waals surface area contributed by atoms with Crippen LogP contribution in [0.2, 0.25) is 0 Å². The summed E-state index contributed by atoms with van der Waals surface area (Å²) in [6.45, 7) is 5.36. The average Bonchev–Trinajstić information content (AvgIpc) is 2.86. The third kappa shape index (κ3) is 4.05. The molecule has 0 aliphatic rings. The molecule has 1 aromatic heterocycles. The number of rotatable bonds is 5. The lowest BCUT2D eigenvalue weighted by atomic mass is 10.1. The highest BCUT2D eigenvalue weighted by atomic mass is 32.1. The summed E-state index contributed by atoms with van der Waals surface area (Å²) in [4.78, 5) is 15.1. The number of aromatic nitrogens is 1. The number of carbonyl (C=O) groups is 1. The first-order valence-electron chi connectivity index (χ1n) is 7.14. The lowest BCUT2D eigenvalue weighted by Gasteiger charge is -2.16. The predicted molar refractivity (Wildman–Crippen MR) is 84.6 cm³/mol. The van der Waals surface area contributed by atoms with Gasteiger partial charge in [0.25, 0.3) is 0 Å². The molecule has 0 radical (unpaired) electrons. The largest absolute Gasteiger partial charge is 0.493 e. The molecular weight excluding hydrogens is 343 g/mol. The molecule has 0 fully saturated rings. The highest BCUT2D eigenvalue weighted by Gasteiger charge is 2.35. The van der Waals surface area contributed by atoms with Crippen LogP contribution in [0.25, 0.3) is 10.6 Å². The van der Waals surface area contributed by atoms with E-state index in [0.717, 1.165) is 17.4 Å². The molecule has 0 saturated heterocycles.